The highest BCUT2D eigenvalue weighted by Crippen LogP contribution is 2.32. The summed E-state index contributed by atoms with van der Waals surface area (Å²) in [4.78, 5) is 0. The molecule has 1 rings (SSSR count). The molecule has 0 fully saturated rings. The first kappa shape index (κ1) is 13.4. The summed E-state index contributed by atoms with van der Waals surface area (Å²) in [5.41, 5.74) is 3.12. The summed E-state index contributed by atoms with van der Waals surface area (Å²) in [5.74, 6) is 5.59. The maximum Gasteiger partial charge on any atom is 0.0927 e. The normalized spacial score (nSPS) is 14.1. The van der Waals surface area contributed by atoms with Crippen LogP contribution in [0.1, 0.15) is 32.5 Å². The summed E-state index contributed by atoms with van der Waals surface area (Å²) in [6, 6.07) is -0.215. The molecule has 0 spiro atoms. The van der Waals surface area contributed by atoms with Crippen LogP contribution in [0.3, 0.4) is 0 Å². The molecule has 0 aliphatic carbocycles. The van der Waals surface area contributed by atoms with E-state index in [0.29, 0.717) is 5.02 Å². The molecular formula is C10H19ClN4O. The van der Waals surface area contributed by atoms with E-state index in [1.54, 1.807) is 13.3 Å². The molecule has 3 N–H and O–H groups in total. The maximum absolute atomic E-state index is 6.13. The summed E-state index contributed by atoms with van der Waals surface area (Å²) < 4.78 is 7.24. The second-order valence-corrected chi connectivity index (χ2v) is 4.51. The van der Waals surface area contributed by atoms with Gasteiger partial charge in [-0.1, -0.05) is 11.6 Å². The van der Waals surface area contributed by atoms with Crippen molar-refractivity contribution in [2.24, 2.45) is 5.84 Å². The first-order valence-electron chi connectivity index (χ1n) is 5.20. The van der Waals surface area contributed by atoms with Gasteiger partial charge in [-0.25, -0.2) is 5.43 Å². The molecule has 0 saturated carbocycles. The monoisotopic (exact) mass is 246 g/mol. The fourth-order valence-electron chi connectivity index (χ4n) is 1.64. The number of hydrogen-bond acceptors (Lipinski definition) is 4. The summed E-state index contributed by atoms with van der Waals surface area (Å²) in [6.07, 6.45) is 1.62. The van der Waals surface area contributed by atoms with Crippen molar-refractivity contribution < 1.29 is 4.74 Å². The van der Waals surface area contributed by atoms with Gasteiger partial charge in [0.2, 0.25) is 0 Å². The van der Waals surface area contributed by atoms with E-state index in [2.05, 4.69) is 10.5 Å². The van der Waals surface area contributed by atoms with Crippen molar-refractivity contribution >= 4 is 11.6 Å². The van der Waals surface area contributed by atoms with Crippen molar-refractivity contribution in [2.45, 2.75) is 39.0 Å². The third-order valence-corrected chi connectivity index (χ3v) is 3.09. The van der Waals surface area contributed by atoms with E-state index in [0.717, 1.165) is 12.2 Å². The van der Waals surface area contributed by atoms with E-state index in [9.17, 15) is 0 Å². The van der Waals surface area contributed by atoms with Crippen molar-refractivity contribution in [1.29, 1.82) is 0 Å². The van der Waals surface area contributed by atoms with Crippen LogP contribution in [0.2, 0.25) is 5.02 Å². The number of aromatic nitrogens is 2. The molecule has 92 valence electrons. The van der Waals surface area contributed by atoms with E-state index in [1.165, 1.54) is 0 Å². The lowest BCUT2D eigenvalue weighted by Crippen LogP contribution is -2.45. The number of nitrogens with two attached hydrogens (primary N) is 1. The van der Waals surface area contributed by atoms with Gasteiger partial charge in [0, 0.05) is 13.7 Å². The lowest BCUT2D eigenvalue weighted by Gasteiger charge is -2.33. The molecule has 1 unspecified atom stereocenters. The van der Waals surface area contributed by atoms with E-state index in [1.807, 2.05) is 25.5 Å². The fraction of sp³-hybridized carbons (Fsp3) is 0.700. The SMILES string of the molecule is CCn1ncc(Cl)c1C(NN)C(C)(C)OC. The quantitative estimate of drug-likeness (QED) is 0.610. The van der Waals surface area contributed by atoms with Crippen LogP contribution >= 0.6 is 11.6 Å². The number of hydrazine groups is 1. The van der Waals surface area contributed by atoms with Crippen molar-refractivity contribution in [3.8, 4) is 0 Å². The average Bonchev–Trinajstić information content (AvgIpc) is 2.61. The minimum Gasteiger partial charge on any atom is -0.377 e. The molecule has 0 aliphatic rings. The Labute approximate surface area is 101 Å². The molecule has 1 aromatic rings. The van der Waals surface area contributed by atoms with Crippen LogP contribution in [0.5, 0.6) is 0 Å². The van der Waals surface area contributed by atoms with Gasteiger partial charge in [0.1, 0.15) is 0 Å². The average molecular weight is 247 g/mol. The highest BCUT2D eigenvalue weighted by atomic mass is 35.5. The lowest BCUT2D eigenvalue weighted by atomic mass is 9.96. The molecule has 0 amide bonds. The Balaban J connectivity index is 3.17. The van der Waals surface area contributed by atoms with Crippen LogP contribution < -0.4 is 11.3 Å². The third kappa shape index (κ3) is 2.38. The first-order valence-corrected chi connectivity index (χ1v) is 5.58. The number of ether oxygens (including phenoxy) is 1. The number of nitrogens with one attached hydrogen (secondary N) is 1. The van der Waals surface area contributed by atoms with Gasteiger partial charge in [-0.15, -0.1) is 0 Å². The Morgan fingerprint density at radius 3 is 2.75 bits per heavy atom. The van der Waals surface area contributed by atoms with Gasteiger partial charge in [0.15, 0.2) is 0 Å². The van der Waals surface area contributed by atoms with Crippen LogP contribution in [0.15, 0.2) is 6.20 Å². The van der Waals surface area contributed by atoms with Crippen LogP contribution in [0.25, 0.3) is 0 Å². The zero-order chi connectivity index (χ0) is 12.3. The molecule has 1 aromatic heterocycles. The standard InChI is InChI=1S/C10H19ClN4O/c1-5-15-8(7(11)6-13-15)9(14-12)10(2,3)16-4/h6,9,14H,5,12H2,1-4H3. The van der Waals surface area contributed by atoms with Crippen molar-refractivity contribution in [1.82, 2.24) is 15.2 Å². The number of hydrogen-bond donors (Lipinski definition) is 2. The molecule has 0 bridgehead atoms. The summed E-state index contributed by atoms with van der Waals surface area (Å²) >= 11 is 6.13. The minimum atomic E-state index is -0.467. The van der Waals surface area contributed by atoms with E-state index in [4.69, 9.17) is 22.2 Å². The second kappa shape index (κ2) is 5.14. The number of rotatable bonds is 5. The van der Waals surface area contributed by atoms with E-state index >= 15 is 0 Å². The van der Waals surface area contributed by atoms with Crippen molar-refractivity contribution in [3.05, 3.63) is 16.9 Å². The van der Waals surface area contributed by atoms with Crippen LogP contribution in [-0.2, 0) is 11.3 Å². The highest BCUT2D eigenvalue weighted by molar-refractivity contribution is 6.31. The smallest absolute Gasteiger partial charge is 0.0927 e. The van der Waals surface area contributed by atoms with Crippen LogP contribution in [0.4, 0.5) is 0 Å². The molecule has 1 heterocycles. The summed E-state index contributed by atoms with van der Waals surface area (Å²) in [5, 5.41) is 4.78. The lowest BCUT2D eigenvalue weighted by molar-refractivity contribution is -0.0135. The molecule has 16 heavy (non-hydrogen) atoms. The molecule has 0 aliphatic heterocycles. The molecule has 0 aromatic carbocycles. The maximum atomic E-state index is 6.13. The zero-order valence-corrected chi connectivity index (χ0v) is 10.9. The minimum absolute atomic E-state index is 0.215. The van der Waals surface area contributed by atoms with Crippen LogP contribution in [0, 0.1) is 0 Å². The van der Waals surface area contributed by atoms with E-state index in [-0.39, 0.29) is 6.04 Å². The second-order valence-electron chi connectivity index (χ2n) is 4.10. The summed E-state index contributed by atoms with van der Waals surface area (Å²) in [6.45, 7) is 6.63. The number of methoxy groups -OCH3 is 1. The zero-order valence-electron chi connectivity index (χ0n) is 10.1. The largest absolute Gasteiger partial charge is 0.377 e. The van der Waals surface area contributed by atoms with Gasteiger partial charge in [0.25, 0.3) is 0 Å². The van der Waals surface area contributed by atoms with Gasteiger partial charge in [-0.2, -0.15) is 5.10 Å². The number of aryl methyl sites for hydroxylation is 1. The van der Waals surface area contributed by atoms with Gasteiger partial charge < -0.3 is 4.74 Å². The predicted octanol–water partition coefficient (Wildman–Crippen LogP) is 1.49. The third-order valence-electron chi connectivity index (χ3n) is 2.79. The van der Waals surface area contributed by atoms with Crippen molar-refractivity contribution in [2.75, 3.05) is 7.11 Å². The van der Waals surface area contributed by atoms with Crippen LogP contribution in [-0.4, -0.2) is 22.5 Å². The predicted molar refractivity (Wildman–Crippen MR) is 64.1 cm³/mol. The van der Waals surface area contributed by atoms with E-state index < -0.39 is 5.60 Å². The van der Waals surface area contributed by atoms with Gasteiger partial charge >= 0.3 is 0 Å². The number of halogens is 1. The fourth-order valence-corrected chi connectivity index (χ4v) is 1.89. The molecule has 0 saturated heterocycles. The Bertz CT molecular complexity index is 351. The molecule has 6 heteroatoms. The van der Waals surface area contributed by atoms with Gasteiger partial charge in [0.05, 0.1) is 28.6 Å². The molecule has 0 radical (unpaired) electrons. The van der Waals surface area contributed by atoms with Gasteiger partial charge in [-0.05, 0) is 20.8 Å². The highest BCUT2D eigenvalue weighted by Gasteiger charge is 2.34. The Hall–Kier alpha value is -0.620. The Morgan fingerprint density at radius 2 is 2.31 bits per heavy atom. The summed E-state index contributed by atoms with van der Waals surface area (Å²) in [7, 11) is 1.64. The Morgan fingerprint density at radius 1 is 1.69 bits per heavy atom. The topological polar surface area (TPSA) is 65.1 Å². The molecule has 1 atom stereocenters. The molecular weight excluding hydrogens is 228 g/mol. The van der Waals surface area contributed by atoms with Crippen molar-refractivity contribution in [3.63, 3.8) is 0 Å². The first-order chi connectivity index (χ1) is 7.47. The number of nitrogens with zero attached hydrogens (tertiary/aromatic N) is 2. The van der Waals surface area contributed by atoms with Gasteiger partial charge in [-0.3, -0.25) is 10.5 Å². The Kier molecular flexibility index (Phi) is 4.32. The molecule has 5 nitrogen and oxygen atoms in total.